The number of nitrogens with one attached hydrogen (secondary N) is 1. The Morgan fingerprint density at radius 3 is 2.65 bits per heavy atom. The fraction of sp³-hybridized carbons (Fsp3) is 0.174. The van der Waals surface area contributed by atoms with E-state index in [1.54, 1.807) is 19.5 Å². The Hall–Kier alpha value is -4.07. The van der Waals surface area contributed by atoms with Gasteiger partial charge in [-0.2, -0.15) is 0 Å². The van der Waals surface area contributed by atoms with E-state index in [0.29, 0.717) is 11.4 Å². The van der Waals surface area contributed by atoms with E-state index in [2.05, 4.69) is 15.5 Å². The minimum Gasteiger partial charge on any atom is -0.495 e. The Bertz CT molecular complexity index is 1170. The van der Waals surface area contributed by atoms with Gasteiger partial charge < -0.3 is 19.8 Å². The lowest BCUT2D eigenvalue weighted by Crippen LogP contribution is -2.33. The van der Waals surface area contributed by atoms with Gasteiger partial charge in [-0.15, -0.1) is 0 Å². The number of methoxy groups -OCH3 is 1. The van der Waals surface area contributed by atoms with Crippen molar-refractivity contribution in [3.05, 3.63) is 83.6 Å². The number of oxime groups is 1. The molecule has 1 aliphatic rings. The molecule has 0 radical (unpaired) electrons. The Morgan fingerprint density at radius 2 is 2.00 bits per heavy atom. The van der Waals surface area contributed by atoms with Crippen molar-refractivity contribution in [2.45, 2.75) is 19.9 Å². The highest BCUT2D eigenvalue weighted by atomic mass is 16.5. The SMILES string of the molecule is COc1cc(/C=C2\NC(=O)N(C(C)c3ccccc3)\C2=N\O)ccc1-n1cnc(C)c1. The molecule has 1 aromatic heterocycles. The summed E-state index contributed by atoms with van der Waals surface area (Å²) in [5.74, 6) is 0.808. The second-order valence-corrected chi connectivity index (χ2v) is 7.22. The van der Waals surface area contributed by atoms with Crippen molar-refractivity contribution in [1.29, 1.82) is 0 Å². The molecular formula is C23H23N5O3. The molecule has 2 N–H and O–H groups in total. The Labute approximate surface area is 180 Å². The van der Waals surface area contributed by atoms with Gasteiger partial charge >= 0.3 is 6.03 Å². The van der Waals surface area contributed by atoms with Gasteiger partial charge in [-0.3, -0.25) is 4.90 Å². The van der Waals surface area contributed by atoms with Crippen molar-refractivity contribution >= 4 is 17.9 Å². The molecule has 8 heteroatoms. The Morgan fingerprint density at radius 1 is 1.23 bits per heavy atom. The standard InChI is InChI=1S/C23H23N5O3/c1-15-13-27(14-24-15)20-10-9-17(12-21(20)31-3)11-19-22(26-30)28(23(29)25-19)16(2)18-7-5-4-6-8-18/h4-14,16,30H,1-3H3,(H,25,29)/b19-11-,26-22+. The third-order valence-electron chi connectivity index (χ3n) is 5.20. The molecule has 0 bridgehead atoms. The zero-order valence-corrected chi connectivity index (χ0v) is 17.5. The van der Waals surface area contributed by atoms with Crippen molar-refractivity contribution in [2.24, 2.45) is 5.16 Å². The van der Waals surface area contributed by atoms with Gasteiger partial charge in [0, 0.05) is 6.20 Å². The summed E-state index contributed by atoms with van der Waals surface area (Å²) < 4.78 is 7.43. The third kappa shape index (κ3) is 3.87. The summed E-state index contributed by atoms with van der Waals surface area (Å²) in [6.07, 6.45) is 5.38. The molecule has 158 valence electrons. The first-order valence-electron chi connectivity index (χ1n) is 9.80. The number of carbonyl (C=O) groups is 1. The highest BCUT2D eigenvalue weighted by Gasteiger charge is 2.36. The quantitative estimate of drug-likeness (QED) is 0.483. The van der Waals surface area contributed by atoms with E-state index in [0.717, 1.165) is 22.5 Å². The summed E-state index contributed by atoms with van der Waals surface area (Å²) in [6, 6.07) is 14.6. The maximum Gasteiger partial charge on any atom is 0.328 e. The van der Waals surface area contributed by atoms with E-state index in [1.807, 2.05) is 73.1 Å². The van der Waals surface area contributed by atoms with Crippen molar-refractivity contribution in [3.63, 3.8) is 0 Å². The molecule has 31 heavy (non-hydrogen) atoms. The van der Waals surface area contributed by atoms with Crippen LogP contribution in [0.25, 0.3) is 11.8 Å². The molecule has 1 unspecified atom stereocenters. The fourth-order valence-corrected chi connectivity index (χ4v) is 3.62. The third-order valence-corrected chi connectivity index (χ3v) is 5.20. The number of carbonyl (C=O) groups excluding carboxylic acids is 1. The largest absolute Gasteiger partial charge is 0.495 e. The highest BCUT2D eigenvalue weighted by molar-refractivity contribution is 6.16. The molecule has 2 aromatic carbocycles. The van der Waals surface area contributed by atoms with E-state index in [4.69, 9.17) is 4.74 Å². The minimum atomic E-state index is -0.354. The number of amides is 2. The molecule has 3 aromatic rings. The number of urea groups is 1. The summed E-state index contributed by atoms with van der Waals surface area (Å²) in [7, 11) is 1.60. The normalized spacial score (nSPS) is 17.3. The van der Waals surface area contributed by atoms with Gasteiger partial charge in [0.05, 0.1) is 36.6 Å². The van der Waals surface area contributed by atoms with Crippen LogP contribution in [-0.4, -0.2) is 38.6 Å². The molecule has 1 fully saturated rings. The van der Waals surface area contributed by atoms with E-state index in [-0.39, 0.29) is 17.9 Å². The first-order chi connectivity index (χ1) is 15.0. The molecule has 1 atom stereocenters. The number of aromatic nitrogens is 2. The Balaban J connectivity index is 1.66. The lowest BCUT2D eigenvalue weighted by Gasteiger charge is -2.22. The lowest BCUT2D eigenvalue weighted by molar-refractivity contribution is 0.217. The highest BCUT2D eigenvalue weighted by Crippen LogP contribution is 2.29. The van der Waals surface area contributed by atoms with Crippen molar-refractivity contribution < 1.29 is 14.7 Å². The molecule has 8 nitrogen and oxygen atoms in total. The van der Waals surface area contributed by atoms with Crippen LogP contribution in [0.5, 0.6) is 5.75 Å². The van der Waals surface area contributed by atoms with Crippen molar-refractivity contribution in [1.82, 2.24) is 19.8 Å². The van der Waals surface area contributed by atoms with Crippen LogP contribution in [0.1, 0.15) is 29.8 Å². The number of ether oxygens (including phenoxy) is 1. The second-order valence-electron chi connectivity index (χ2n) is 7.22. The number of benzene rings is 2. The zero-order chi connectivity index (χ0) is 22.0. The molecule has 0 saturated carbocycles. The molecule has 2 amide bonds. The van der Waals surface area contributed by atoms with Gasteiger partial charge in [-0.25, -0.2) is 9.78 Å². The summed E-state index contributed by atoms with van der Waals surface area (Å²) in [4.78, 5) is 18.4. The Kier molecular flexibility index (Phi) is 5.44. The number of amidine groups is 1. The van der Waals surface area contributed by atoms with E-state index < -0.39 is 0 Å². The van der Waals surface area contributed by atoms with Crippen LogP contribution < -0.4 is 10.1 Å². The zero-order valence-electron chi connectivity index (χ0n) is 17.5. The number of nitrogens with zero attached hydrogens (tertiary/aromatic N) is 4. The number of hydrogen-bond donors (Lipinski definition) is 2. The van der Waals surface area contributed by atoms with Crippen LogP contribution in [0.2, 0.25) is 0 Å². The van der Waals surface area contributed by atoms with E-state index >= 15 is 0 Å². The molecule has 2 heterocycles. The minimum absolute atomic E-state index is 0.162. The van der Waals surface area contributed by atoms with Gasteiger partial charge in [-0.1, -0.05) is 41.6 Å². The topological polar surface area (TPSA) is 92.0 Å². The summed E-state index contributed by atoms with van der Waals surface area (Å²) >= 11 is 0. The fourth-order valence-electron chi connectivity index (χ4n) is 3.62. The maximum atomic E-state index is 12.7. The molecule has 4 rings (SSSR count). The summed E-state index contributed by atoms with van der Waals surface area (Å²) in [6.45, 7) is 3.80. The lowest BCUT2D eigenvalue weighted by atomic mass is 10.1. The molecule has 0 aliphatic carbocycles. The van der Waals surface area contributed by atoms with Gasteiger partial charge in [-0.05, 0) is 43.2 Å². The molecule has 1 saturated heterocycles. The van der Waals surface area contributed by atoms with Crippen LogP contribution >= 0.6 is 0 Å². The number of hydrogen-bond acceptors (Lipinski definition) is 5. The average molecular weight is 417 g/mol. The van der Waals surface area contributed by atoms with Gasteiger partial charge in [0.2, 0.25) is 5.84 Å². The first kappa shape index (κ1) is 20.2. The van der Waals surface area contributed by atoms with Crippen LogP contribution in [0.3, 0.4) is 0 Å². The number of aryl methyl sites for hydroxylation is 1. The summed E-state index contributed by atoms with van der Waals surface area (Å²) in [5, 5.41) is 15.9. The molecule has 1 aliphatic heterocycles. The second kappa shape index (κ2) is 8.35. The molecule has 0 spiro atoms. The van der Waals surface area contributed by atoms with Crippen LogP contribution in [0, 0.1) is 6.92 Å². The summed E-state index contributed by atoms with van der Waals surface area (Å²) in [5.41, 5.74) is 3.86. The monoisotopic (exact) mass is 417 g/mol. The van der Waals surface area contributed by atoms with Gasteiger partial charge in [0.25, 0.3) is 0 Å². The smallest absolute Gasteiger partial charge is 0.328 e. The van der Waals surface area contributed by atoms with Crippen LogP contribution in [0.15, 0.2) is 71.9 Å². The van der Waals surface area contributed by atoms with E-state index in [1.165, 1.54) is 4.90 Å². The maximum absolute atomic E-state index is 12.7. The van der Waals surface area contributed by atoms with E-state index in [9.17, 15) is 10.0 Å². The van der Waals surface area contributed by atoms with Gasteiger partial charge in [0.1, 0.15) is 5.75 Å². The number of imidazole rings is 1. The molecular weight excluding hydrogens is 394 g/mol. The predicted molar refractivity (Wildman–Crippen MR) is 117 cm³/mol. The predicted octanol–water partition coefficient (Wildman–Crippen LogP) is 4.10. The van der Waals surface area contributed by atoms with Gasteiger partial charge in [0.15, 0.2) is 0 Å². The number of rotatable bonds is 5. The van der Waals surface area contributed by atoms with Crippen molar-refractivity contribution in [2.75, 3.05) is 7.11 Å². The van der Waals surface area contributed by atoms with Crippen LogP contribution in [-0.2, 0) is 0 Å². The van der Waals surface area contributed by atoms with Crippen molar-refractivity contribution in [3.8, 4) is 11.4 Å². The van der Waals surface area contributed by atoms with Crippen LogP contribution in [0.4, 0.5) is 4.79 Å². The average Bonchev–Trinajstić information content (AvgIpc) is 3.36. The first-order valence-corrected chi connectivity index (χ1v) is 9.80.